The molecule has 0 aliphatic carbocycles. The van der Waals surface area contributed by atoms with E-state index in [4.69, 9.17) is 4.74 Å². The predicted molar refractivity (Wildman–Crippen MR) is 81.4 cm³/mol. The van der Waals surface area contributed by atoms with Gasteiger partial charge in [-0.25, -0.2) is 9.97 Å². The Morgan fingerprint density at radius 1 is 1.14 bits per heavy atom. The molecule has 0 amide bonds. The van der Waals surface area contributed by atoms with Crippen molar-refractivity contribution in [2.75, 3.05) is 37.7 Å². The Hall–Kier alpha value is -1.20. The molecule has 3 aliphatic heterocycles. The lowest BCUT2D eigenvalue weighted by molar-refractivity contribution is -0.0897. The summed E-state index contributed by atoms with van der Waals surface area (Å²) in [5.74, 6) is 0.848. The van der Waals surface area contributed by atoms with Crippen LogP contribution in [0.1, 0.15) is 32.1 Å². The van der Waals surface area contributed by atoms with Crippen molar-refractivity contribution in [2.45, 2.75) is 43.7 Å². The number of aromatic nitrogens is 2. The average molecular weight is 288 g/mol. The Morgan fingerprint density at radius 2 is 1.95 bits per heavy atom. The number of likely N-dealkylation sites (tertiary alicyclic amines) is 1. The molecule has 1 aromatic heterocycles. The van der Waals surface area contributed by atoms with Gasteiger partial charge in [0.15, 0.2) is 0 Å². The van der Waals surface area contributed by atoms with E-state index in [-0.39, 0.29) is 5.60 Å². The summed E-state index contributed by atoms with van der Waals surface area (Å²) < 4.78 is 6.24. The third-order valence-corrected chi connectivity index (χ3v) is 5.28. The molecule has 0 bridgehead atoms. The van der Waals surface area contributed by atoms with Gasteiger partial charge < -0.3 is 14.5 Å². The van der Waals surface area contributed by atoms with Crippen LogP contribution in [-0.4, -0.2) is 59.3 Å². The second-order valence-corrected chi connectivity index (χ2v) is 6.64. The van der Waals surface area contributed by atoms with Gasteiger partial charge in [-0.15, -0.1) is 0 Å². The quantitative estimate of drug-likeness (QED) is 0.828. The van der Waals surface area contributed by atoms with Gasteiger partial charge in [-0.1, -0.05) is 0 Å². The Bertz CT molecular complexity index is 476. The number of hydrogen-bond acceptors (Lipinski definition) is 5. The minimum Gasteiger partial charge on any atom is -0.373 e. The molecule has 0 unspecified atom stereocenters. The van der Waals surface area contributed by atoms with Crippen LogP contribution in [0.15, 0.2) is 18.5 Å². The van der Waals surface area contributed by atoms with Crippen LogP contribution in [0.3, 0.4) is 0 Å². The molecule has 0 aromatic carbocycles. The minimum atomic E-state index is 0.0324. The number of hydrogen-bond donors (Lipinski definition) is 0. The van der Waals surface area contributed by atoms with E-state index >= 15 is 0 Å². The first kappa shape index (κ1) is 13.5. The Labute approximate surface area is 126 Å². The highest BCUT2D eigenvalue weighted by molar-refractivity contribution is 5.32. The molecule has 5 nitrogen and oxygen atoms in total. The zero-order valence-corrected chi connectivity index (χ0v) is 12.6. The molecule has 2 atom stereocenters. The summed E-state index contributed by atoms with van der Waals surface area (Å²) in [4.78, 5) is 13.7. The first-order valence-corrected chi connectivity index (χ1v) is 8.25. The molecule has 0 N–H and O–H groups in total. The van der Waals surface area contributed by atoms with Crippen molar-refractivity contribution < 1.29 is 4.74 Å². The van der Waals surface area contributed by atoms with Crippen LogP contribution < -0.4 is 4.90 Å². The van der Waals surface area contributed by atoms with Gasteiger partial charge in [0.05, 0.1) is 5.60 Å². The molecule has 3 aliphatic rings. The number of anilines is 1. The summed E-state index contributed by atoms with van der Waals surface area (Å²) in [7, 11) is 0. The molecule has 1 spiro atoms. The van der Waals surface area contributed by atoms with E-state index in [2.05, 4.69) is 19.8 Å². The maximum Gasteiger partial charge on any atom is 0.225 e. The maximum absolute atomic E-state index is 6.24. The van der Waals surface area contributed by atoms with Gasteiger partial charge in [-0.2, -0.15) is 0 Å². The zero-order chi connectivity index (χ0) is 14.1. The van der Waals surface area contributed by atoms with Crippen LogP contribution in [0.4, 0.5) is 5.95 Å². The lowest BCUT2D eigenvalue weighted by Gasteiger charge is -2.41. The van der Waals surface area contributed by atoms with E-state index in [1.807, 2.05) is 18.5 Å². The van der Waals surface area contributed by atoms with Crippen LogP contribution in [0.2, 0.25) is 0 Å². The van der Waals surface area contributed by atoms with Gasteiger partial charge in [0.25, 0.3) is 0 Å². The van der Waals surface area contributed by atoms with Crippen molar-refractivity contribution in [3.63, 3.8) is 0 Å². The highest BCUT2D eigenvalue weighted by Gasteiger charge is 2.45. The van der Waals surface area contributed by atoms with Crippen molar-refractivity contribution in [2.24, 2.45) is 0 Å². The van der Waals surface area contributed by atoms with Crippen LogP contribution in [0.25, 0.3) is 0 Å². The molecule has 4 rings (SSSR count). The van der Waals surface area contributed by atoms with Crippen molar-refractivity contribution >= 4 is 5.95 Å². The second kappa shape index (κ2) is 5.54. The summed E-state index contributed by atoms with van der Waals surface area (Å²) in [5, 5.41) is 0. The van der Waals surface area contributed by atoms with Crippen LogP contribution in [0.5, 0.6) is 0 Å². The van der Waals surface area contributed by atoms with Gasteiger partial charge in [0, 0.05) is 38.1 Å². The van der Waals surface area contributed by atoms with E-state index in [1.165, 1.54) is 38.8 Å². The topological polar surface area (TPSA) is 41.5 Å². The smallest absolute Gasteiger partial charge is 0.225 e. The zero-order valence-electron chi connectivity index (χ0n) is 12.6. The van der Waals surface area contributed by atoms with E-state index in [9.17, 15) is 0 Å². The lowest BCUT2D eigenvalue weighted by atomic mass is 9.89. The molecular weight excluding hydrogens is 264 g/mol. The maximum atomic E-state index is 6.24. The van der Waals surface area contributed by atoms with Crippen LogP contribution >= 0.6 is 0 Å². The highest BCUT2D eigenvalue weighted by atomic mass is 16.5. The largest absolute Gasteiger partial charge is 0.373 e. The van der Waals surface area contributed by atoms with E-state index < -0.39 is 0 Å². The molecule has 1 aromatic rings. The van der Waals surface area contributed by atoms with E-state index in [0.29, 0.717) is 0 Å². The number of nitrogens with zero attached hydrogens (tertiary/aromatic N) is 4. The van der Waals surface area contributed by atoms with Gasteiger partial charge >= 0.3 is 0 Å². The molecule has 3 fully saturated rings. The average Bonchev–Trinajstić information content (AvgIpc) is 3.19. The van der Waals surface area contributed by atoms with Crippen molar-refractivity contribution in [1.82, 2.24) is 14.9 Å². The van der Waals surface area contributed by atoms with Crippen LogP contribution in [0, 0.1) is 0 Å². The number of ether oxygens (including phenoxy) is 1. The van der Waals surface area contributed by atoms with Crippen LogP contribution in [-0.2, 0) is 4.74 Å². The monoisotopic (exact) mass is 288 g/mol. The van der Waals surface area contributed by atoms with Gasteiger partial charge in [0.2, 0.25) is 5.95 Å². The van der Waals surface area contributed by atoms with Crippen molar-refractivity contribution in [3.8, 4) is 0 Å². The Kier molecular flexibility index (Phi) is 3.55. The van der Waals surface area contributed by atoms with E-state index in [1.54, 1.807) is 0 Å². The third kappa shape index (κ3) is 2.64. The fraction of sp³-hybridized carbons (Fsp3) is 0.750. The molecule has 21 heavy (non-hydrogen) atoms. The van der Waals surface area contributed by atoms with Gasteiger partial charge in [-0.3, -0.25) is 0 Å². The normalized spacial score (nSPS) is 33.9. The van der Waals surface area contributed by atoms with Gasteiger partial charge in [-0.05, 0) is 51.3 Å². The molecule has 3 saturated heterocycles. The number of rotatable bonds is 2. The minimum absolute atomic E-state index is 0.0324. The fourth-order valence-corrected chi connectivity index (χ4v) is 4.17. The summed E-state index contributed by atoms with van der Waals surface area (Å²) in [6.07, 6.45) is 9.86. The fourth-order valence-electron chi connectivity index (χ4n) is 4.17. The standard InChI is InChI=1S/C16H24N4O/c1-2-9-19(8-1)14-4-11-21-16(12-14)5-10-20(13-16)15-17-6-3-7-18-15/h3,6-7,14H,1-2,4-5,8-13H2/t14-,16+/m1/s1. The second-order valence-electron chi connectivity index (χ2n) is 6.64. The Morgan fingerprint density at radius 3 is 2.76 bits per heavy atom. The first-order valence-electron chi connectivity index (χ1n) is 8.25. The van der Waals surface area contributed by atoms with Gasteiger partial charge in [0.1, 0.15) is 0 Å². The van der Waals surface area contributed by atoms with E-state index in [0.717, 1.165) is 38.1 Å². The predicted octanol–water partition coefficient (Wildman–Crippen LogP) is 1.70. The van der Waals surface area contributed by atoms with Crippen molar-refractivity contribution in [1.29, 1.82) is 0 Å². The molecule has 114 valence electrons. The molecule has 0 saturated carbocycles. The molecular formula is C16H24N4O. The molecule has 5 heteroatoms. The summed E-state index contributed by atoms with van der Waals surface area (Å²) in [6, 6.07) is 2.59. The SMILES string of the molecule is c1cnc(N2CC[C@]3(C[C@H](N4CCCC4)CCO3)C2)nc1. The Balaban J connectivity index is 1.45. The summed E-state index contributed by atoms with van der Waals surface area (Å²) >= 11 is 0. The molecule has 4 heterocycles. The lowest BCUT2D eigenvalue weighted by Crippen LogP contribution is -2.49. The van der Waals surface area contributed by atoms with Crippen molar-refractivity contribution in [3.05, 3.63) is 18.5 Å². The highest BCUT2D eigenvalue weighted by Crippen LogP contribution is 2.37. The first-order chi connectivity index (χ1) is 10.3. The molecule has 0 radical (unpaired) electrons. The summed E-state index contributed by atoms with van der Waals surface area (Å²) in [5.41, 5.74) is 0.0324. The third-order valence-electron chi connectivity index (χ3n) is 5.28. The summed E-state index contributed by atoms with van der Waals surface area (Å²) in [6.45, 7) is 5.43.